The fourth-order valence-corrected chi connectivity index (χ4v) is 1.61. The molecule has 0 bridgehead atoms. The number of halogens is 3. The summed E-state index contributed by atoms with van der Waals surface area (Å²) < 4.78 is 37.9. The molecular weight excluding hydrogens is 273 g/mol. The van der Waals surface area contributed by atoms with Crippen LogP contribution in [0, 0.1) is 4.64 Å². The first-order chi connectivity index (χ1) is 8.30. The standard InChI is InChI=1S/C8H5F3N4O2S/c9-8(10,11)4-2(7(16)17)15-5-3(14-4)6(18)13-1-12-5/h1-2H,(H,16,17)(H2,12,13,15,18). The monoisotopic (exact) mass is 278 g/mol. The number of rotatable bonds is 1. The van der Waals surface area contributed by atoms with Gasteiger partial charge in [0.05, 0.1) is 6.33 Å². The van der Waals surface area contributed by atoms with Gasteiger partial charge in [-0.15, -0.1) is 0 Å². The van der Waals surface area contributed by atoms with Crippen LogP contribution in [0.25, 0.3) is 0 Å². The van der Waals surface area contributed by atoms with Crippen molar-refractivity contribution < 1.29 is 23.1 Å². The molecule has 1 aliphatic rings. The number of hydrogen-bond acceptors (Lipinski definition) is 5. The van der Waals surface area contributed by atoms with Crippen LogP contribution in [0.2, 0.25) is 0 Å². The lowest BCUT2D eigenvalue weighted by atomic mass is 10.1. The zero-order valence-corrected chi connectivity index (χ0v) is 9.26. The lowest BCUT2D eigenvalue weighted by molar-refractivity contribution is -0.137. The molecule has 1 aliphatic heterocycles. The Morgan fingerprint density at radius 1 is 1.50 bits per heavy atom. The predicted molar refractivity (Wildman–Crippen MR) is 57.6 cm³/mol. The van der Waals surface area contributed by atoms with Crippen LogP contribution in [0.1, 0.15) is 0 Å². The van der Waals surface area contributed by atoms with Crippen molar-refractivity contribution in [1.29, 1.82) is 0 Å². The summed E-state index contributed by atoms with van der Waals surface area (Å²) in [5.41, 5.74) is -1.69. The van der Waals surface area contributed by atoms with Crippen molar-refractivity contribution in [3.63, 3.8) is 0 Å². The maximum absolute atomic E-state index is 12.7. The molecule has 3 N–H and O–H groups in total. The van der Waals surface area contributed by atoms with E-state index in [1.165, 1.54) is 0 Å². The molecule has 0 fully saturated rings. The molecular formula is C8H5F3N4O2S. The van der Waals surface area contributed by atoms with E-state index in [-0.39, 0.29) is 16.1 Å². The van der Waals surface area contributed by atoms with E-state index in [1.807, 2.05) is 0 Å². The molecule has 18 heavy (non-hydrogen) atoms. The topological polar surface area (TPSA) is 90.4 Å². The Hall–Kier alpha value is -1.97. The van der Waals surface area contributed by atoms with Crippen molar-refractivity contribution in [2.24, 2.45) is 4.99 Å². The average Bonchev–Trinajstić information content (AvgIpc) is 2.26. The Balaban J connectivity index is 2.63. The number of H-pyrrole nitrogens is 1. The molecule has 0 spiro atoms. The molecule has 1 aromatic rings. The first-order valence-corrected chi connectivity index (χ1v) is 4.94. The number of aromatic nitrogens is 2. The molecule has 1 aromatic heterocycles. The highest BCUT2D eigenvalue weighted by Gasteiger charge is 2.46. The first-order valence-electron chi connectivity index (χ1n) is 4.53. The number of carboxylic acids is 1. The van der Waals surface area contributed by atoms with Crippen LogP contribution in [-0.2, 0) is 4.79 Å². The van der Waals surface area contributed by atoms with Crippen molar-refractivity contribution in [2.45, 2.75) is 12.2 Å². The van der Waals surface area contributed by atoms with E-state index < -0.39 is 23.9 Å². The lowest BCUT2D eigenvalue weighted by Gasteiger charge is -2.24. The Kier molecular flexibility index (Phi) is 2.81. The maximum atomic E-state index is 12.7. The largest absolute Gasteiger partial charge is 0.479 e. The van der Waals surface area contributed by atoms with Crippen molar-refractivity contribution in [3.8, 4) is 0 Å². The molecule has 0 saturated heterocycles. The number of nitrogens with zero attached hydrogens (tertiary/aromatic N) is 2. The van der Waals surface area contributed by atoms with E-state index in [0.29, 0.717) is 0 Å². The van der Waals surface area contributed by atoms with Crippen molar-refractivity contribution in [3.05, 3.63) is 11.0 Å². The normalized spacial score (nSPS) is 18.6. The molecule has 0 aliphatic carbocycles. The van der Waals surface area contributed by atoms with E-state index in [9.17, 15) is 18.0 Å². The summed E-state index contributed by atoms with van der Waals surface area (Å²) >= 11 is 4.73. The number of aliphatic carboxylic acids is 1. The summed E-state index contributed by atoms with van der Waals surface area (Å²) in [5.74, 6) is -1.69. The van der Waals surface area contributed by atoms with Gasteiger partial charge in [0, 0.05) is 0 Å². The zero-order chi connectivity index (χ0) is 13.5. The van der Waals surface area contributed by atoms with Crippen molar-refractivity contribution >= 4 is 35.4 Å². The number of anilines is 1. The first kappa shape index (κ1) is 12.5. The third-order valence-electron chi connectivity index (χ3n) is 2.16. The van der Waals surface area contributed by atoms with Gasteiger partial charge in [0.1, 0.15) is 11.5 Å². The SMILES string of the molecule is O=C(O)C1Nc2[nH]cnc(=S)c2N=C1C(F)(F)F. The Morgan fingerprint density at radius 2 is 2.17 bits per heavy atom. The average molecular weight is 278 g/mol. The molecule has 10 heteroatoms. The molecule has 1 atom stereocenters. The number of aliphatic imine (C=N–C) groups is 1. The van der Waals surface area contributed by atoms with Crippen molar-refractivity contribution in [1.82, 2.24) is 9.97 Å². The molecule has 1 unspecified atom stereocenters. The number of carbonyl (C=O) groups is 1. The van der Waals surface area contributed by atoms with Gasteiger partial charge in [-0.1, -0.05) is 12.2 Å². The van der Waals surface area contributed by atoms with Crippen LogP contribution in [0.15, 0.2) is 11.3 Å². The van der Waals surface area contributed by atoms with Crippen LogP contribution in [0.4, 0.5) is 24.7 Å². The molecule has 2 heterocycles. The van der Waals surface area contributed by atoms with Gasteiger partial charge in [-0.05, 0) is 0 Å². The summed E-state index contributed by atoms with van der Waals surface area (Å²) in [6, 6.07) is -1.98. The van der Waals surface area contributed by atoms with Gasteiger partial charge in [0.2, 0.25) is 0 Å². The second-order valence-electron chi connectivity index (χ2n) is 3.34. The molecule has 2 rings (SSSR count). The van der Waals surface area contributed by atoms with Gasteiger partial charge < -0.3 is 15.4 Å². The summed E-state index contributed by atoms with van der Waals surface area (Å²) in [4.78, 5) is 20.1. The minimum Gasteiger partial charge on any atom is -0.479 e. The van der Waals surface area contributed by atoms with E-state index in [1.54, 1.807) is 0 Å². The number of aromatic amines is 1. The van der Waals surface area contributed by atoms with Crippen LogP contribution in [0.5, 0.6) is 0 Å². The minimum absolute atomic E-state index is 0.00426. The third-order valence-corrected chi connectivity index (χ3v) is 2.46. The maximum Gasteiger partial charge on any atom is 0.432 e. The number of fused-ring (bicyclic) bond motifs is 1. The summed E-state index contributed by atoms with van der Waals surface area (Å²) in [6.45, 7) is 0. The van der Waals surface area contributed by atoms with Crippen molar-refractivity contribution in [2.75, 3.05) is 5.32 Å². The Morgan fingerprint density at radius 3 is 2.72 bits per heavy atom. The van der Waals surface area contributed by atoms with Gasteiger partial charge >= 0.3 is 12.1 Å². The van der Waals surface area contributed by atoms with E-state index in [2.05, 4.69) is 20.3 Å². The fraction of sp³-hybridized carbons (Fsp3) is 0.250. The molecule has 0 saturated carbocycles. The van der Waals surface area contributed by atoms with Gasteiger partial charge in [-0.2, -0.15) is 13.2 Å². The fourth-order valence-electron chi connectivity index (χ4n) is 1.41. The Bertz CT molecular complexity index is 595. The van der Waals surface area contributed by atoms with Gasteiger partial charge in [0.25, 0.3) is 0 Å². The van der Waals surface area contributed by atoms with Crippen LogP contribution in [0.3, 0.4) is 0 Å². The van der Waals surface area contributed by atoms with Crippen LogP contribution in [-0.4, -0.2) is 39.0 Å². The van der Waals surface area contributed by atoms with Crippen LogP contribution < -0.4 is 5.32 Å². The smallest absolute Gasteiger partial charge is 0.432 e. The van der Waals surface area contributed by atoms with Gasteiger partial charge in [-0.3, -0.25) is 0 Å². The molecule has 0 radical (unpaired) electrons. The summed E-state index contributed by atoms with van der Waals surface area (Å²) in [7, 11) is 0. The number of alkyl halides is 3. The number of hydrogen-bond donors (Lipinski definition) is 3. The molecule has 0 aromatic carbocycles. The third kappa shape index (κ3) is 2.06. The van der Waals surface area contributed by atoms with Gasteiger partial charge in [0.15, 0.2) is 16.4 Å². The minimum atomic E-state index is -4.87. The molecule has 6 nitrogen and oxygen atoms in total. The van der Waals surface area contributed by atoms with Crippen LogP contribution >= 0.6 is 12.2 Å². The Labute approximate surface area is 103 Å². The molecule has 96 valence electrons. The predicted octanol–water partition coefficient (Wildman–Crippen LogP) is 1.65. The highest BCUT2D eigenvalue weighted by Crippen LogP contribution is 2.33. The highest BCUT2D eigenvalue weighted by molar-refractivity contribution is 7.71. The van der Waals surface area contributed by atoms with E-state index in [4.69, 9.17) is 17.3 Å². The quantitative estimate of drug-likeness (QED) is 0.679. The highest BCUT2D eigenvalue weighted by atomic mass is 32.1. The lowest BCUT2D eigenvalue weighted by Crippen LogP contribution is -2.46. The molecule has 0 amide bonds. The van der Waals surface area contributed by atoms with Gasteiger partial charge in [-0.25, -0.2) is 14.8 Å². The summed E-state index contributed by atoms with van der Waals surface area (Å²) in [6.07, 6.45) is -3.73. The van der Waals surface area contributed by atoms with E-state index >= 15 is 0 Å². The second kappa shape index (κ2) is 4.05. The second-order valence-corrected chi connectivity index (χ2v) is 3.73. The number of carboxylic acid groups (broad SMARTS) is 1. The summed E-state index contributed by atoms with van der Waals surface area (Å²) in [5, 5.41) is 10.9. The zero-order valence-electron chi connectivity index (χ0n) is 8.45. The number of nitrogens with one attached hydrogen (secondary N) is 2. The van der Waals surface area contributed by atoms with E-state index in [0.717, 1.165) is 6.33 Å².